The van der Waals surface area contributed by atoms with Gasteiger partial charge in [0.05, 0.1) is 18.5 Å². The van der Waals surface area contributed by atoms with Gasteiger partial charge in [0.2, 0.25) is 0 Å². The molecule has 0 fully saturated rings. The van der Waals surface area contributed by atoms with E-state index in [1.54, 1.807) is 18.2 Å². The molecule has 0 aliphatic rings. The summed E-state index contributed by atoms with van der Waals surface area (Å²) in [6, 6.07) is 4.92. The molecule has 0 bridgehead atoms. The summed E-state index contributed by atoms with van der Waals surface area (Å²) in [6.45, 7) is 5.47. The van der Waals surface area contributed by atoms with Gasteiger partial charge in [0.15, 0.2) is 0 Å². The van der Waals surface area contributed by atoms with Crippen molar-refractivity contribution in [2.75, 3.05) is 17.7 Å². The molecule has 0 heterocycles. The van der Waals surface area contributed by atoms with Gasteiger partial charge in [-0.1, -0.05) is 0 Å². The van der Waals surface area contributed by atoms with E-state index in [4.69, 9.17) is 10.5 Å². The van der Waals surface area contributed by atoms with Gasteiger partial charge in [-0.05, 0) is 32.9 Å². The summed E-state index contributed by atoms with van der Waals surface area (Å²) in [7, 11) is 1.50. The SMILES string of the molecule is COc1cc(N(C(=O)O)C(C)(C)C)ccc1N. The number of carboxylic acid groups (broad SMARTS) is 1. The number of benzene rings is 1. The van der Waals surface area contributed by atoms with Crippen molar-refractivity contribution in [3.8, 4) is 5.75 Å². The van der Waals surface area contributed by atoms with Crippen LogP contribution in [0.2, 0.25) is 0 Å². The fraction of sp³-hybridized carbons (Fsp3) is 0.417. The van der Waals surface area contributed by atoms with E-state index in [2.05, 4.69) is 0 Å². The molecule has 5 nitrogen and oxygen atoms in total. The quantitative estimate of drug-likeness (QED) is 0.776. The number of carbonyl (C=O) groups is 1. The summed E-state index contributed by atoms with van der Waals surface area (Å²) in [5.41, 5.74) is 6.18. The molecule has 0 aliphatic heterocycles. The van der Waals surface area contributed by atoms with Gasteiger partial charge in [0.25, 0.3) is 0 Å². The Morgan fingerprint density at radius 1 is 1.41 bits per heavy atom. The van der Waals surface area contributed by atoms with Crippen molar-refractivity contribution >= 4 is 17.5 Å². The molecule has 94 valence electrons. The number of ether oxygens (including phenoxy) is 1. The third kappa shape index (κ3) is 2.81. The topological polar surface area (TPSA) is 75.8 Å². The first-order valence-corrected chi connectivity index (χ1v) is 5.24. The lowest BCUT2D eigenvalue weighted by molar-refractivity contribution is 0.195. The van der Waals surface area contributed by atoms with Crippen LogP contribution in [0, 0.1) is 0 Å². The highest BCUT2D eigenvalue weighted by molar-refractivity contribution is 5.88. The second kappa shape index (κ2) is 4.53. The fourth-order valence-corrected chi connectivity index (χ4v) is 1.62. The maximum Gasteiger partial charge on any atom is 0.412 e. The first-order valence-electron chi connectivity index (χ1n) is 5.24. The number of hydrogen-bond acceptors (Lipinski definition) is 3. The first kappa shape index (κ1) is 13.2. The van der Waals surface area contributed by atoms with Crippen LogP contribution < -0.4 is 15.4 Å². The van der Waals surface area contributed by atoms with E-state index in [1.165, 1.54) is 12.0 Å². The summed E-state index contributed by atoms with van der Waals surface area (Å²) in [5, 5.41) is 9.25. The molecule has 1 aromatic carbocycles. The number of nitrogens with two attached hydrogens (primary N) is 1. The smallest absolute Gasteiger partial charge is 0.412 e. The van der Waals surface area contributed by atoms with Crippen molar-refractivity contribution in [3.05, 3.63) is 18.2 Å². The summed E-state index contributed by atoms with van der Waals surface area (Å²) >= 11 is 0. The van der Waals surface area contributed by atoms with Crippen molar-refractivity contribution in [1.29, 1.82) is 0 Å². The molecule has 0 radical (unpaired) electrons. The van der Waals surface area contributed by atoms with E-state index in [0.29, 0.717) is 17.1 Å². The van der Waals surface area contributed by atoms with Crippen LogP contribution in [0.1, 0.15) is 20.8 Å². The number of rotatable bonds is 2. The van der Waals surface area contributed by atoms with Crippen molar-refractivity contribution in [3.63, 3.8) is 0 Å². The summed E-state index contributed by atoms with van der Waals surface area (Å²) in [5.74, 6) is 0.470. The summed E-state index contributed by atoms with van der Waals surface area (Å²) in [4.78, 5) is 12.6. The molecule has 1 aromatic rings. The minimum absolute atomic E-state index is 0.470. The van der Waals surface area contributed by atoms with E-state index in [1.807, 2.05) is 20.8 Å². The highest BCUT2D eigenvalue weighted by Crippen LogP contribution is 2.31. The molecule has 0 saturated heterocycles. The van der Waals surface area contributed by atoms with Crippen molar-refractivity contribution in [2.24, 2.45) is 0 Å². The molecule has 3 N–H and O–H groups in total. The van der Waals surface area contributed by atoms with Gasteiger partial charge in [0.1, 0.15) is 5.75 Å². The van der Waals surface area contributed by atoms with Crippen molar-refractivity contribution in [2.45, 2.75) is 26.3 Å². The molecule has 0 aromatic heterocycles. The van der Waals surface area contributed by atoms with Crippen LogP contribution in [0.25, 0.3) is 0 Å². The van der Waals surface area contributed by atoms with Crippen LogP contribution in [0.15, 0.2) is 18.2 Å². The maximum absolute atomic E-state index is 11.3. The minimum Gasteiger partial charge on any atom is -0.495 e. The van der Waals surface area contributed by atoms with E-state index in [9.17, 15) is 9.90 Å². The zero-order valence-corrected chi connectivity index (χ0v) is 10.5. The maximum atomic E-state index is 11.3. The molecule has 1 amide bonds. The van der Waals surface area contributed by atoms with Crippen molar-refractivity contribution in [1.82, 2.24) is 0 Å². The molecule has 0 saturated carbocycles. The van der Waals surface area contributed by atoms with Crippen LogP contribution in [0.3, 0.4) is 0 Å². The molecular formula is C12H18N2O3. The zero-order chi connectivity index (χ0) is 13.2. The van der Waals surface area contributed by atoms with Crippen LogP contribution in [-0.2, 0) is 0 Å². The largest absolute Gasteiger partial charge is 0.495 e. The lowest BCUT2D eigenvalue weighted by Crippen LogP contribution is -2.45. The van der Waals surface area contributed by atoms with Crippen LogP contribution in [-0.4, -0.2) is 23.8 Å². The number of amides is 1. The van der Waals surface area contributed by atoms with Gasteiger partial charge in [-0.15, -0.1) is 0 Å². The van der Waals surface area contributed by atoms with Gasteiger partial charge in [-0.2, -0.15) is 0 Å². The Kier molecular flexibility index (Phi) is 3.50. The first-order chi connectivity index (χ1) is 7.77. The Hall–Kier alpha value is -1.91. The number of nitrogens with zero attached hydrogens (tertiary/aromatic N) is 1. The third-order valence-electron chi connectivity index (χ3n) is 2.34. The molecular weight excluding hydrogens is 220 g/mol. The van der Waals surface area contributed by atoms with Crippen LogP contribution in [0.5, 0.6) is 5.75 Å². The van der Waals surface area contributed by atoms with E-state index < -0.39 is 11.6 Å². The highest BCUT2D eigenvalue weighted by atomic mass is 16.5. The number of hydrogen-bond donors (Lipinski definition) is 2. The molecule has 0 aliphatic carbocycles. The van der Waals surface area contributed by atoms with E-state index in [0.717, 1.165) is 0 Å². The number of anilines is 2. The van der Waals surface area contributed by atoms with Crippen molar-refractivity contribution < 1.29 is 14.6 Å². The fourth-order valence-electron chi connectivity index (χ4n) is 1.62. The molecule has 17 heavy (non-hydrogen) atoms. The summed E-state index contributed by atoms with van der Waals surface area (Å²) < 4.78 is 5.08. The van der Waals surface area contributed by atoms with Gasteiger partial charge >= 0.3 is 6.09 Å². The second-order valence-corrected chi connectivity index (χ2v) is 4.72. The van der Waals surface area contributed by atoms with Gasteiger partial charge in [0, 0.05) is 11.6 Å². The molecule has 0 unspecified atom stereocenters. The standard InChI is InChI=1S/C12H18N2O3/c1-12(2,3)14(11(15)16)8-5-6-9(13)10(7-8)17-4/h5-7H,13H2,1-4H3,(H,15,16). The minimum atomic E-state index is -1.01. The van der Waals surface area contributed by atoms with Gasteiger partial charge < -0.3 is 15.6 Å². The van der Waals surface area contributed by atoms with E-state index >= 15 is 0 Å². The Labute approximate surface area is 101 Å². The Morgan fingerprint density at radius 3 is 2.41 bits per heavy atom. The molecule has 1 rings (SSSR count). The molecule has 5 heteroatoms. The van der Waals surface area contributed by atoms with Gasteiger partial charge in [-0.3, -0.25) is 4.90 Å². The third-order valence-corrected chi connectivity index (χ3v) is 2.34. The second-order valence-electron chi connectivity index (χ2n) is 4.72. The molecule has 0 spiro atoms. The normalized spacial score (nSPS) is 11.1. The lowest BCUT2D eigenvalue weighted by Gasteiger charge is -2.33. The zero-order valence-electron chi connectivity index (χ0n) is 10.5. The Morgan fingerprint density at radius 2 is 2.00 bits per heavy atom. The van der Waals surface area contributed by atoms with E-state index in [-0.39, 0.29) is 0 Å². The Balaban J connectivity index is 3.25. The summed E-state index contributed by atoms with van der Waals surface area (Å²) in [6.07, 6.45) is -1.01. The number of methoxy groups -OCH3 is 1. The predicted octanol–water partition coefficient (Wildman–Crippen LogP) is 2.56. The predicted molar refractivity (Wildman–Crippen MR) is 67.7 cm³/mol. The van der Waals surface area contributed by atoms with Crippen LogP contribution >= 0.6 is 0 Å². The van der Waals surface area contributed by atoms with Crippen LogP contribution in [0.4, 0.5) is 16.2 Å². The van der Waals surface area contributed by atoms with Gasteiger partial charge in [-0.25, -0.2) is 4.79 Å². The average molecular weight is 238 g/mol. The average Bonchev–Trinajstić information content (AvgIpc) is 2.18. The monoisotopic (exact) mass is 238 g/mol. The molecule has 0 atom stereocenters. The lowest BCUT2D eigenvalue weighted by atomic mass is 10.1. The Bertz CT molecular complexity index is 424. The highest BCUT2D eigenvalue weighted by Gasteiger charge is 2.28. The number of nitrogen functional groups attached to an aromatic ring is 1.